The highest BCUT2D eigenvalue weighted by atomic mass is 35.5. The average molecular weight is 121 g/mol. The number of ether oxygens (including phenoxy) is 1. The number of carbonyl (C=O) groups is 1. The van der Waals surface area contributed by atoms with E-state index in [2.05, 4.69) is 11.3 Å². The van der Waals surface area contributed by atoms with Gasteiger partial charge in [-0.15, -0.1) is 0 Å². The maximum atomic E-state index is 9.68. The van der Waals surface area contributed by atoms with Crippen LogP contribution in [0.4, 0.5) is 4.79 Å². The summed E-state index contributed by atoms with van der Waals surface area (Å²) in [7, 11) is 0. The molecule has 0 aromatic carbocycles. The number of hydrogen-bond donors (Lipinski definition) is 0. The van der Waals surface area contributed by atoms with Gasteiger partial charge < -0.3 is 4.74 Å². The molecule has 2 nitrogen and oxygen atoms in total. The van der Waals surface area contributed by atoms with Crippen LogP contribution < -0.4 is 0 Å². The Bertz CT molecular complexity index is 62.7. The van der Waals surface area contributed by atoms with Crippen LogP contribution in [0.25, 0.3) is 0 Å². The number of hydrogen-bond acceptors (Lipinski definition) is 2. The van der Waals surface area contributed by atoms with Crippen molar-refractivity contribution in [3.05, 3.63) is 6.61 Å². The summed E-state index contributed by atoms with van der Waals surface area (Å²) < 4.78 is 4.07. The summed E-state index contributed by atoms with van der Waals surface area (Å²) in [6.45, 7) is 4.06. The average Bonchev–Trinajstić information content (AvgIpc) is 1.61. The maximum absolute atomic E-state index is 9.68. The van der Waals surface area contributed by atoms with Crippen molar-refractivity contribution in [1.29, 1.82) is 0 Å². The Hall–Kier alpha value is -0.240. The van der Waals surface area contributed by atoms with Crippen molar-refractivity contribution in [2.24, 2.45) is 0 Å². The Morgan fingerprint density at radius 2 is 2.57 bits per heavy atom. The summed E-state index contributed by atoms with van der Waals surface area (Å²) in [6.07, 6.45) is 0.568. The molecule has 0 unspecified atom stereocenters. The zero-order valence-corrected chi connectivity index (χ0v) is 4.66. The quantitative estimate of drug-likeness (QED) is 0.520. The molecule has 0 spiro atoms. The smallest absolute Gasteiger partial charge is 0.404 e. The third-order valence-electron chi connectivity index (χ3n) is 0.297. The second-order valence-corrected chi connectivity index (χ2v) is 1.15. The first-order valence-electron chi connectivity index (χ1n) is 1.86. The van der Waals surface area contributed by atoms with Gasteiger partial charge in [-0.3, -0.25) is 0 Å². The van der Waals surface area contributed by atoms with Crippen LogP contribution in [0.15, 0.2) is 0 Å². The number of rotatable bonds is 2. The minimum atomic E-state index is -0.832. The molecule has 0 aliphatic rings. The van der Waals surface area contributed by atoms with Gasteiger partial charge in [-0.25, -0.2) is 4.79 Å². The van der Waals surface area contributed by atoms with Crippen LogP contribution in [0.2, 0.25) is 0 Å². The first-order chi connectivity index (χ1) is 3.27. The van der Waals surface area contributed by atoms with Crippen molar-refractivity contribution in [1.82, 2.24) is 0 Å². The Kier molecular flexibility index (Phi) is 3.80. The number of carbonyl (C=O) groups excluding carboxylic acids is 1. The zero-order valence-electron chi connectivity index (χ0n) is 3.90. The summed E-state index contributed by atoms with van der Waals surface area (Å²) in [6, 6.07) is 0. The summed E-state index contributed by atoms with van der Waals surface area (Å²) in [5.74, 6) is 0. The van der Waals surface area contributed by atoms with E-state index in [1.807, 2.05) is 0 Å². The lowest BCUT2D eigenvalue weighted by molar-refractivity contribution is 0.197. The molecule has 3 heteroatoms. The highest BCUT2D eigenvalue weighted by Gasteiger charge is 1.91. The molecule has 0 aromatic rings. The van der Waals surface area contributed by atoms with Gasteiger partial charge in [0.05, 0.1) is 0 Å². The maximum Gasteiger partial charge on any atom is 0.404 e. The van der Waals surface area contributed by atoms with E-state index in [9.17, 15) is 4.79 Å². The van der Waals surface area contributed by atoms with Crippen molar-refractivity contribution in [2.75, 3.05) is 0 Å². The molecule has 40 valence electrons. The molecule has 0 saturated carbocycles. The highest BCUT2D eigenvalue weighted by Crippen LogP contribution is 1.92. The molecule has 0 aliphatic heterocycles. The van der Waals surface area contributed by atoms with Crippen molar-refractivity contribution >= 4 is 17.0 Å². The van der Waals surface area contributed by atoms with E-state index in [4.69, 9.17) is 11.6 Å². The largest absolute Gasteiger partial charge is 0.438 e. The molecule has 0 heterocycles. The van der Waals surface area contributed by atoms with Crippen LogP contribution in [0.5, 0.6) is 0 Å². The van der Waals surface area contributed by atoms with Gasteiger partial charge in [0, 0.05) is 11.6 Å². The van der Waals surface area contributed by atoms with E-state index < -0.39 is 5.43 Å². The van der Waals surface area contributed by atoms with Crippen molar-refractivity contribution < 1.29 is 9.53 Å². The SMILES string of the molecule is CC[C]OC(=O)Cl. The minimum Gasteiger partial charge on any atom is -0.438 e. The van der Waals surface area contributed by atoms with Crippen molar-refractivity contribution in [3.8, 4) is 0 Å². The molecule has 2 radical (unpaired) electrons. The van der Waals surface area contributed by atoms with Crippen molar-refractivity contribution in [3.63, 3.8) is 0 Å². The minimum absolute atomic E-state index is 0.568. The molecule has 0 rings (SSSR count). The van der Waals surface area contributed by atoms with Gasteiger partial charge in [0.1, 0.15) is 0 Å². The summed E-state index contributed by atoms with van der Waals surface area (Å²) in [5.41, 5.74) is -0.832. The van der Waals surface area contributed by atoms with E-state index in [0.717, 1.165) is 0 Å². The fourth-order valence-corrected chi connectivity index (χ4v) is 0.183. The second-order valence-electron chi connectivity index (χ2n) is 0.838. The first-order valence-corrected chi connectivity index (χ1v) is 2.24. The lowest BCUT2D eigenvalue weighted by Crippen LogP contribution is -1.86. The molecule has 0 fully saturated rings. The Morgan fingerprint density at radius 3 is 2.71 bits per heavy atom. The van der Waals surface area contributed by atoms with Crippen LogP contribution in [-0.2, 0) is 4.74 Å². The molecule has 0 bridgehead atoms. The van der Waals surface area contributed by atoms with Crippen LogP contribution in [-0.4, -0.2) is 5.43 Å². The normalized spacial score (nSPS) is 8.29. The van der Waals surface area contributed by atoms with E-state index >= 15 is 0 Å². The zero-order chi connectivity index (χ0) is 5.70. The standard InChI is InChI=1S/C4H5ClO2/c1-2-3-7-4(5)6/h2H2,1H3. The molecule has 0 amide bonds. The molecule has 7 heavy (non-hydrogen) atoms. The Morgan fingerprint density at radius 1 is 2.00 bits per heavy atom. The Balaban J connectivity index is 2.82. The van der Waals surface area contributed by atoms with Gasteiger partial charge >= 0.3 is 5.43 Å². The van der Waals surface area contributed by atoms with Gasteiger partial charge in [-0.1, -0.05) is 6.92 Å². The Labute approximate surface area is 47.4 Å². The van der Waals surface area contributed by atoms with E-state index in [1.165, 1.54) is 0 Å². The third kappa shape index (κ3) is 5.76. The fourth-order valence-electron chi connectivity index (χ4n) is 0.129. The van der Waals surface area contributed by atoms with Crippen LogP contribution in [0, 0.1) is 6.61 Å². The first kappa shape index (κ1) is 6.76. The topological polar surface area (TPSA) is 26.3 Å². The fraction of sp³-hybridized carbons (Fsp3) is 0.500. The van der Waals surface area contributed by atoms with Gasteiger partial charge in [0.2, 0.25) is 6.61 Å². The van der Waals surface area contributed by atoms with Crippen LogP contribution in [0.3, 0.4) is 0 Å². The van der Waals surface area contributed by atoms with E-state index in [1.54, 1.807) is 6.92 Å². The number of halogens is 1. The molecule has 0 saturated heterocycles. The van der Waals surface area contributed by atoms with Gasteiger partial charge in [-0.05, 0) is 6.42 Å². The molecule has 0 atom stereocenters. The summed E-state index contributed by atoms with van der Waals surface area (Å²) in [4.78, 5) is 9.68. The molecular weight excluding hydrogens is 115 g/mol. The van der Waals surface area contributed by atoms with Gasteiger partial charge in [-0.2, -0.15) is 0 Å². The van der Waals surface area contributed by atoms with Crippen molar-refractivity contribution in [2.45, 2.75) is 13.3 Å². The third-order valence-corrected chi connectivity index (χ3v) is 0.374. The second kappa shape index (κ2) is 3.93. The van der Waals surface area contributed by atoms with E-state index in [0.29, 0.717) is 6.42 Å². The molecular formula is C4H5ClO2. The van der Waals surface area contributed by atoms with Gasteiger partial charge in [0.15, 0.2) is 0 Å². The lowest BCUT2D eigenvalue weighted by Gasteiger charge is -1.88. The summed E-state index contributed by atoms with van der Waals surface area (Å²) >= 11 is 4.73. The monoisotopic (exact) mass is 120 g/mol. The molecule has 0 N–H and O–H groups in total. The van der Waals surface area contributed by atoms with Crippen LogP contribution in [0.1, 0.15) is 13.3 Å². The lowest BCUT2D eigenvalue weighted by atomic mass is 10.5. The molecule has 0 aromatic heterocycles. The van der Waals surface area contributed by atoms with Crippen LogP contribution >= 0.6 is 11.6 Å². The predicted octanol–water partition coefficient (Wildman–Crippen LogP) is 1.81. The highest BCUT2D eigenvalue weighted by molar-refractivity contribution is 6.61. The van der Waals surface area contributed by atoms with E-state index in [-0.39, 0.29) is 0 Å². The molecule has 0 aliphatic carbocycles. The summed E-state index contributed by atoms with van der Waals surface area (Å²) in [5, 5.41) is 0. The predicted molar refractivity (Wildman–Crippen MR) is 25.9 cm³/mol. The van der Waals surface area contributed by atoms with Gasteiger partial charge in [0.25, 0.3) is 0 Å².